The van der Waals surface area contributed by atoms with Crippen molar-refractivity contribution in [3.8, 4) is 11.8 Å². The summed E-state index contributed by atoms with van der Waals surface area (Å²) in [6, 6.07) is 6.37. The van der Waals surface area contributed by atoms with E-state index >= 15 is 0 Å². The number of rotatable bonds is 1. The molecule has 1 aromatic rings. The summed E-state index contributed by atoms with van der Waals surface area (Å²) < 4.78 is 1.25. The lowest BCUT2D eigenvalue weighted by molar-refractivity contribution is 0.983. The molecule has 0 heterocycles. The van der Waals surface area contributed by atoms with E-state index in [0.29, 0.717) is 0 Å². The van der Waals surface area contributed by atoms with Crippen LogP contribution in [0.15, 0.2) is 18.2 Å². The van der Waals surface area contributed by atoms with Crippen molar-refractivity contribution in [2.75, 3.05) is 0 Å². The Hall–Kier alpha value is -0.490. The molecule has 0 saturated heterocycles. The van der Waals surface area contributed by atoms with Crippen LogP contribution in [0.25, 0.3) is 0 Å². The zero-order valence-electron chi connectivity index (χ0n) is 8.02. The summed E-state index contributed by atoms with van der Waals surface area (Å²) in [5.74, 6) is 6.34. The van der Waals surface area contributed by atoms with Gasteiger partial charge in [-0.25, -0.2) is 0 Å². The van der Waals surface area contributed by atoms with Gasteiger partial charge in [0.25, 0.3) is 0 Å². The molecule has 68 valence electrons. The van der Waals surface area contributed by atoms with Crippen LogP contribution >= 0.6 is 22.6 Å². The molecule has 0 aliphatic heterocycles. The van der Waals surface area contributed by atoms with Crippen molar-refractivity contribution in [1.82, 2.24) is 0 Å². The van der Waals surface area contributed by atoms with E-state index in [1.54, 1.807) is 0 Å². The maximum atomic E-state index is 3.18. The predicted octanol–water partition coefficient (Wildman–Crippen LogP) is 3.75. The fourth-order valence-electron chi connectivity index (χ4n) is 1.00. The van der Waals surface area contributed by atoms with Crippen molar-refractivity contribution in [2.24, 2.45) is 0 Å². The van der Waals surface area contributed by atoms with Gasteiger partial charge in [0.05, 0.1) is 0 Å². The molecular weight excluding hydrogens is 271 g/mol. The van der Waals surface area contributed by atoms with Crippen LogP contribution in [-0.4, -0.2) is 0 Å². The Balaban J connectivity index is 2.85. The second kappa shape index (κ2) is 5.29. The fourth-order valence-corrected chi connectivity index (χ4v) is 1.81. The predicted molar refractivity (Wildman–Crippen MR) is 65.7 cm³/mol. The molecule has 0 saturated carbocycles. The van der Waals surface area contributed by atoms with Crippen molar-refractivity contribution in [2.45, 2.75) is 26.7 Å². The Morgan fingerprint density at radius 1 is 1.38 bits per heavy atom. The van der Waals surface area contributed by atoms with Gasteiger partial charge in [-0.1, -0.05) is 24.8 Å². The first-order chi connectivity index (χ1) is 6.24. The number of unbranched alkanes of at least 4 members (excludes halogenated alkanes) is 1. The number of halogens is 1. The van der Waals surface area contributed by atoms with E-state index in [0.717, 1.165) is 18.4 Å². The van der Waals surface area contributed by atoms with Gasteiger partial charge in [0.15, 0.2) is 0 Å². The molecule has 0 radical (unpaired) electrons. The van der Waals surface area contributed by atoms with E-state index in [2.05, 4.69) is 66.5 Å². The third-order valence-corrected chi connectivity index (χ3v) is 2.62. The van der Waals surface area contributed by atoms with E-state index in [9.17, 15) is 0 Å². The first-order valence-corrected chi connectivity index (χ1v) is 5.57. The van der Waals surface area contributed by atoms with Crippen LogP contribution in [0.1, 0.15) is 30.9 Å². The minimum atomic E-state index is 0.990. The molecule has 13 heavy (non-hydrogen) atoms. The number of hydrogen-bond donors (Lipinski definition) is 0. The van der Waals surface area contributed by atoms with Crippen molar-refractivity contribution in [3.05, 3.63) is 32.9 Å². The average molecular weight is 284 g/mol. The summed E-state index contributed by atoms with van der Waals surface area (Å²) in [7, 11) is 0. The first-order valence-electron chi connectivity index (χ1n) is 4.49. The van der Waals surface area contributed by atoms with E-state index in [1.807, 2.05) is 0 Å². The molecule has 0 aliphatic rings. The van der Waals surface area contributed by atoms with Gasteiger partial charge in [-0.2, -0.15) is 0 Å². The average Bonchev–Trinajstić information content (AvgIpc) is 2.09. The van der Waals surface area contributed by atoms with E-state index < -0.39 is 0 Å². The summed E-state index contributed by atoms with van der Waals surface area (Å²) in [4.78, 5) is 0. The number of hydrogen-bond acceptors (Lipinski definition) is 0. The molecule has 1 rings (SSSR count). The van der Waals surface area contributed by atoms with Crippen LogP contribution < -0.4 is 0 Å². The molecule has 0 fully saturated rings. The lowest BCUT2D eigenvalue weighted by Crippen LogP contribution is -1.82. The lowest BCUT2D eigenvalue weighted by Gasteiger charge is -1.97. The monoisotopic (exact) mass is 284 g/mol. The molecule has 0 unspecified atom stereocenters. The van der Waals surface area contributed by atoms with Crippen LogP contribution in [0.3, 0.4) is 0 Å². The van der Waals surface area contributed by atoms with Crippen molar-refractivity contribution < 1.29 is 0 Å². The highest BCUT2D eigenvalue weighted by atomic mass is 127. The maximum absolute atomic E-state index is 3.18. The Bertz CT molecular complexity index is 342. The van der Waals surface area contributed by atoms with Crippen molar-refractivity contribution in [3.63, 3.8) is 0 Å². The van der Waals surface area contributed by atoms with Gasteiger partial charge >= 0.3 is 0 Å². The largest absolute Gasteiger partial charge is 0.0979 e. The molecule has 0 atom stereocenters. The van der Waals surface area contributed by atoms with Crippen molar-refractivity contribution >= 4 is 22.6 Å². The van der Waals surface area contributed by atoms with Gasteiger partial charge in [-0.15, -0.1) is 0 Å². The van der Waals surface area contributed by atoms with Crippen LogP contribution in [0.4, 0.5) is 0 Å². The summed E-state index contributed by atoms with van der Waals surface area (Å²) >= 11 is 2.34. The SMILES string of the molecule is CCCC#Cc1ccc(C)cc1I. The summed E-state index contributed by atoms with van der Waals surface area (Å²) in [5.41, 5.74) is 2.45. The highest BCUT2D eigenvalue weighted by Crippen LogP contribution is 2.12. The molecule has 1 aromatic carbocycles. The smallest absolute Gasteiger partial charge is 0.0378 e. The quantitative estimate of drug-likeness (QED) is 0.544. The third-order valence-electron chi connectivity index (χ3n) is 1.72. The molecule has 0 N–H and O–H groups in total. The maximum Gasteiger partial charge on any atom is 0.0378 e. The molecule has 0 nitrogen and oxygen atoms in total. The second-order valence-electron chi connectivity index (χ2n) is 3.04. The van der Waals surface area contributed by atoms with Gasteiger partial charge in [-0.3, -0.25) is 0 Å². The first kappa shape index (κ1) is 10.6. The van der Waals surface area contributed by atoms with Crippen LogP contribution in [-0.2, 0) is 0 Å². The minimum absolute atomic E-state index is 0.990. The molecular formula is C12H13I. The number of aryl methyl sites for hydroxylation is 1. The standard InChI is InChI=1S/C12H13I/c1-3-4-5-6-11-8-7-10(2)9-12(11)13/h7-9H,3-4H2,1-2H3. The normalized spacial score (nSPS) is 9.15. The third kappa shape index (κ3) is 3.40. The summed E-state index contributed by atoms with van der Waals surface area (Å²) in [6.07, 6.45) is 2.12. The van der Waals surface area contributed by atoms with Gasteiger partial charge in [-0.05, 0) is 53.6 Å². The molecule has 1 heteroatoms. The highest BCUT2D eigenvalue weighted by molar-refractivity contribution is 14.1. The summed E-state index contributed by atoms with van der Waals surface area (Å²) in [6.45, 7) is 4.25. The van der Waals surface area contributed by atoms with E-state index in [4.69, 9.17) is 0 Å². The number of benzene rings is 1. The zero-order valence-corrected chi connectivity index (χ0v) is 10.2. The van der Waals surface area contributed by atoms with E-state index in [-0.39, 0.29) is 0 Å². The lowest BCUT2D eigenvalue weighted by atomic mass is 10.1. The highest BCUT2D eigenvalue weighted by Gasteiger charge is 1.94. The molecule has 0 amide bonds. The van der Waals surface area contributed by atoms with Gasteiger partial charge < -0.3 is 0 Å². The van der Waals surface area contributed by atoms with Crippen LogP contribution in [0.2, 0.25) is 0 Å². The molecule has 0 aromatic heterocycles. The Morgan fingerprint density at radius 3 is 2.77 bits per heavy atom. The van der Waals surface area contributed by atoms with Gasteiger partial charge in [0, 0.05) is 15.6 Å². The van der Waals surface area contributed by atoms with E-state index in [1.165, 1.54) is 9.13 Å². The fraction of sp³-hybridized carbons (Fsp3) is 0.333. The minimum Gasteiger partial charge on any atom is -0.0979 e. The topological polar surface area (TPSA) is 0 Å². The Kier molecular flexibility index (Phi) is 4.31. The Morgan fingerprint density at radius 2 is 2.15 bits per heavy atom. The van der Waals surface area contributed by atoms with Crippen LogP contribution in [0.5, 0.6) is 0 Å². The van der Waals surface area contributed by atoms with Crippen molar-refractivity contribution in [1.29, 1.82) is 0 Å². The van der Waals surface area contributed by atoms with Gasteiger partial charge in [0.2, 0.25) is 0 Å². The summed E-state index contributed by atoms with van der Waals surface area (Å²) in [5, 5.41) is 0. The van der Waals surface area contributed by atoms with Crippen LogP contribution in [0, 0.1) is 22.3 Å². The second-order valence-corrected chi connectivity index (χ2v) is 4.20. The molecule has 0 bridgehead atoms. The Labute approximate surface area is 93.9 Å². The van der Waals surface area contributed by atoms with Gasteiger partial charge in [0.1, 0.15) is 0 Å². The zero-order chi connectivity index (χ0) is 9.68. The molecule has 0 spiro atoms. The molecule has 0 aliphatic carbocycles.